The van der Waals surface area contributed by atoms with Crippen molar-refractivity contribution in [3.05, 3.63) is 84.9 Å². The van der Waals surface area contributed by atoms with Gasteiger partial charge in [0.2, 0.25) is 0 Å². The van der Waals surface area contributed by atoms with Crippen LogP contribution in [-0.4, -0.2) is 0 Å². The lowest BCUT2D eigenvalue weighted by atomic mass is 10.1. The van der Waals surface area contributed by atoms with Gasteiger partial charge >= 0.3 is 0 Å². The smallest absolute Gasteiger partial charge is 0.154 e. The molecule has 0 aliphatic heterocycles. The van der Waals surface area contributed by atoms with E-state index >= 15 is 0 Å². The van der Waals surface area contributed by atoms with Crippen LogP contribution in [0, 0.1) is 0 Å². The van der Waals surface area contributed by atoms with Crippen molar-refractivity contribution in [2.24, 2.45) is 0 Å². The van der Waals surface area contributed by atoms with Crippen LogP contribution in [0.2, 0.25) is 0 Å². The number of fused-ring (bicyclic) bond motifs is 2. The summed E-state index contributed by atoms with van der Waals surface area (Å²) in [6.45, 7) is 0. The molecule has 0 saturated carbocycles. The minimum Gasteiger partial charge on any atom is -0.235 e. The molecule has 0 unspecified atom stereocenters. The van der Waals surface area contributed by atoms with E-state index in [4.69, 9.17) is 0 Å². The van der Waals surface area contributed by atoms with E-state index in [1.54, 1.807) is 0 Å². The summed E-state index contributed by atoms with van der Waals surface area (Å²) in [7, 11) is 0. The van der Waals surface area contributed by atoms with Gasteiger partial charge in [0.15, 0.2) is 5.69 Å². The summed E-state index contributed by atoms with van der Waals surface area (Å²) in [4.78, 5) is 0. The molecule has 4 aromatic rings. The van der Waals surface area contributed by atoms with Gasteiger partial charge in [0.25, 0.3) is 0 Å². The highest BCUT2D eigenvalue weighted by atomic mass is 15.4. The van der Waals surface area contributed by atoms with Gasteiger partial charge in [0.1, 0.15) is 0 Å². The zero-order valence-electron chi connectivity index (χ0n) is 12.2. The molecule has 0 saturated heterocycles. The van der Waals surface area contributed by atoms with Crippen molar-refractivity contribution in [1.82, 2.24) is 0 Å². The number of nitrogen functional groups attached to an aromatic ring is 1. The molecule has 0 radical (unpaired) electrons. The summed E-state index contributed by atoms with van der Waals surface area (Å²) in [5.41, 5.74) is 7.72. The topological polar surface area (TPSA) is 28.6 Å². The van der Waals surface area contributed by atoms with Crippen LogP contribution in [0.3, 0.4) is 0 Å². The molecule has 3 N–H and O–H groups in total. The molecule has 0 amide bonds. The van der Waals surface area contributed by atoms with E-state index in [0.29, 0.717) is 0 Å². The van der Waals surface area contributed by atoms with E-state index in [1.165, 1.54) is 27.2 Å². The second-order valence-electron chi connectivity index (χ2n) is 5.46. The molecule has 0 aliphatic rings. The first kappa shape index (κ1) is 12.9. The van der Waals surface area contributed by atoms with Gasteiger partial charge in [-0.15, -0.1) is 0 Å². The molecule has 106 valence electrons. The number of nitrogens with one attached hydrogen (secondary N) is 1. The molecule has 0 fully saturated rings. The lowest BCUT2D eigenvalue weighted by Crippen LogP contribution is -2.82. The molecule has 2 heteroatoms. The maximum absolute atomic E-state index is 3.39. The second kappa shape index (κ2) is 5.51. The highest BCUT2D eigenvalue weighted by Gasteiger charge is 2.01. The first-order valence-electron chi connectivity index (χ1n) is 7.46. The predicted octanol–water partition coefficient (Wildman–Crippen LogP) is 4.22. The van der Waals surface area contributed by atoms with Crippen molar-refractivity contribution >= 4 is 32.9 Å². The van der Waals surface area contributed by atoms with Gasteiger partial charge in [-0.25, -0.2) is 10.9 Å². The maximum atomic E-state index is 3.39. The van der Waals surface area contributed by atoms with Gasteiger partial charge in [-0.3, -0.25) is 0 Å². The monoisotopic (exact) mass is 285 g/mol. The quantitative estimate of drug-likeness (QED) is 0.329. The van der Waals surface area contributed by atoms with E-state index in [1.807, 2.05) is 0 Å². The van der Waals surface area contributed by atoms with Crippen LogP contribution in [0.1, 0.15) is 0 Å². The van der Waals surface area contributed by atoms with Gasteiger partial charge < -0.3 is 0 Å². The summed E-state index contributed by atoms with van der Waals surface area (Å²) in [6, 6.07) is 29.7. The fourth-order valence-corrected chi connectivity index (χ4v) is 2.74. The van der Waals surface area contributed by atoms with Crippen LogP contribution in [0.25, 0.3) is 21.5 Å². The van der Waals surface area contributed by atoms with E-state index in [-0.39, 0.29) is 0 Å². The Morgan fingerprint density at radius 3 is 1.86 bits per heavy atom. The molecular weight excluding hydrogens is 268 g/mol. The minimum atomic E-state index is 1.10. The third-order valence-corrected chi connectivity index (χ3v) is 3.93. The van der Waals surface area contributed by atoms with Crippen molar-refractivity contribution < 1.29 is 5.43 Å². The molecule has 22 heavy (non-hydrogen) atoms. The zero-order valence-corrected chi connectivity index (χ0v) is 12.2. The zero-order chi connectivity index (χ0) is 14.8. The van der Waals surface area contributed by atoms with Gasteiger partial charge in [-0.2, -0.15) is 0 Å². The van der Waals surface area contributed by atoms with E-state index in [0.717, 1.165) is 5.69 Å². The fraction of sp³-hybridized carbons (Fsp3) is 0. The highest BCUT2D eigenvalue weighted by Crippen LogP contribution is 2.18. The normalized spacial score (nSPS) is 10.9. The predicted molar refractivity (Wildman–Crippen MR) is 93.1 cm³/mol. The van der Waals surface area contributed by atoms with Gasteiger partial charge in [0.05, 0.1) is 5.69 Å². The summed E-state index contributed by atoms with van der Waals surface area (Å²) in [5.74, 6) is 0. The Morgan fingerprint density at radius 1 is 0.545 bits per heavy atom. The Labute approximate surface area is 129 Å². The Balaban J connectivity index is 1.57. The second-order valence-corrected chi connectivity index (χ2v) is 5.46. The first-order valence-corrected chi connectivity index (χ1v) is 7.46. The molecule has 2 nitrogen and oxygen atoms in total. The number of quaternary nitrogens is 1. The molecular formula is C20H17N2+. The summed E-state index contributed by atoms with van der Waals surface area (Å²) in [6.07, 6.45) is 0. The highest BCUT2D eigenvalue weighted by molar-refractivity contribution is 5.86. The standard InChI is InChI=1S/C20H16N2/c1-3-7-17-13-19(11-9-15(17)5-1)21-22-20-12-10-16-6-2-4-8-18(16)14-20/h1-14,21-22H/p+1. The number of nitrogens with two attached hydrogens (primary N) is 1. The summed E-state index contributed by atoms with van der Waals surface area (Å²) >= 11 is 0. The van der Waals surface area contributed by atoms with Crippen LogP contribution in [0.5, 0.6) is 0 Å². The Hall–Kier alpha value is -2.84. The van der Waals surface area contributed by atoms with Gasteiger partial charge in [-0.1, -0.05) is 54.6 Å². The molecule has 0 aliphatic carbocycles. The van der Waals surface area contributed by atoms with Gasteiger partial charge in [0, 0.05) is 12.1 Å². The lowest BCUT2D eigenvalue weighted by Gasteiger charge is -2.06. The first-order chi connectivity index (χ1) is 10.9. The van der Waals surface area contributed by atoms with Crippen LogP contribution in [0.4, 0.5) is 11.4 Å². The number of anilines is 1. The van der Waals surface area contributed by atoms with Crippen molar-refractivity contribution in [1.29, 1.82) is 0 Å². The van der Waals surface area contributed by atoms with Crippen molar-refractivity contribution in [3.8, 4) is 0 Å². The molecule has 0 heterocycles. The SMILES string of the molecule is c1ccc2cc(N[NH2+]c3ccc4ccccc4c3)ccc2c1. The number of hydrogen-bond acceptors (Lipinski definition) is 1. The molecule has 4 rings (SSSR count). The third-order valence-electron chi connectivity index (χ3n) is 3.93. The lowest BCUT2D eigenvalue weighted by molar-refractivity contribution is -0.538. The minimum absolute atomic E-state index is 1.10. The average molecular weight is 285 g/mol. The Morgan fingerprint density at radius 2 is 1.14 bits per heavy atom. The maximum Gasteiger partial charge on any atom is 0.154 e. The molecule has 0 atom stereocenters. The third kappa shape index (κ3) is 2.52. The Kier molecular flexibility index (Phi) is 3.22. The Bertz CT molecular complexity index is 865. The van der Waals surface area contributed by atoms with Crippen molar-refractivity contribution in [3.63, 3.8) is 0 Å². The van der Waals surface area contributed by atoms with Crippen LogP contribution < -0.4 is 10.9 Å². The van der Waals surface area contributed by atoms with Gasteiger partial charge in [-0.05, 0) is 39.7 Å². The van der Waals surface area contributed by atoms with Crippen LogP contribution in [-0.2, 0) is 0 Å². The van der Waals surface area contributed by atoms with Crippen LogP contribution in [0.15, 0.2) is 84.9 Å². The number of rotatable bonds is 3. The average Bonchev–Trinajstić information content (AvgIpc) is 2.59. The molecule has 4 aromatic carbocycles. The van der Waals surface area contributed by atoms with E-state index < -0.39 is 0 Å². The van der Waals surface area contributed by atoms with E-state index in [2.05, 4.69) is 95.8 Å². The van der Waals surface area contributed by atoms with Crippen LogP contribution >= 0.6 is 0 Å². The largest absolute Gasteiger partial charge is 0.235 e. The fourth-order valence-electron chi connectivity index (χ4n) is 2.74. The molecule has 0 spiro atoms. The van der Waals surface area contributed by atoms with Crippen molar-refractivity contribution in [2.75, 3.05) is 5.43 Å². The van der Waals surface area contributed by atoms with E-state index in [9.17, 15) is 0 Å². The number of hydrogen-bond donors (Lipinski definition) is 2. The molecule has 0 aromatic heterocycles. The number of benzene rings is 4. The van der Waals surface area contributed by atoms with Crippen molar-refractivity contribution in [2.45, 2.75) is 0 Å². The molecule has 0 bridgehead atoms. The summed E-state index contributed by atoms with van der Waals surface area (Å²) in [5, 5.41) is 5.04. The summed E-state index contributed by atoms with van der Waals surface area (Å²) < 4.78 is 0.